The molecule has 0 saturated heterocycles. The Morgan fingerprint density at radius 1 is 1.36 bits per heavy atom. The summed E-state index contributed by atoms with van der Waals surface area (Å²) in [4.78, 5) is 0. The van der Waals surface area contributed by atoms with Gasteiger partial charge in [0.1, 0.15) is 0 Å². The molecule has 1 nitrogen and oxygen atoms in total. The van der Waals surface area contributed by atoms with Crippen molar-refractivity contribution in [3.63, 3.8) is 0 Å². The van der Waals surface area contributed by atoms with Gasteiger partial charge in [0, 0.05) is 19.4 Å². The van der Waals surface area contributed by atoms with Gasteiger partial charge in [0.05, 0.1) is 0 Å². The van der Waals surface area contributed by atoms with Gasteiger partial charge in [0.15, 0.2) is 0 Å². The quantitative estimate of drug-likeness (QED) is 0.567. The van der Waals surface area contributed by atoms with Crippen LogP contribution in [0.25, 0.3) is 6.08 Å². The van der Waals surface area contributed by atoms with E-state index in [0.717, 1.165) is 0 Å². The Labute approximate surface area is 67.7 Å². The van der Waals surface area contributed by atoms with Crippen molar-refractivity contribution in [3.05, 3.63) is 42.3 Å². The van der Waals surface area contributed by atoms with E-state index in [1.807, 2.05) is 43.0 Å². The third-order valence-electron chi connectivity index (χ3n) is 1.45. The number of hydrogen-bond donors (Lipinski definition) is 0. The van der Waals surface area contributed by atoms with Crippen LogP contribution < -0.4 is 0 Å². The molecule has 0 aliphatic heterocycles. The van der Waals surface area contributed by atoms with Gasteiger partial charge in [-0.3, -0.25) is 0 Å². The number of nitrogens with zero attached hydrogens (tertiary/aromatic N) is 1. The lowest BCUT2D eigenvalue weighted by Crippen LogP contribution is -1.76. The van der Waals surface area contributed by atoms with Crippen LogP contribution in [0, 0.1) is 0 Å². The number of allylic oxidation sites excluding steroid dienone is 3. The van der Waals surface area contributed by atoms with E-state index in [9.17, 15) is 0 Å². The first-order chi connectivity index (χ1) is 5.33. The third kappa shape index (κ3) is 2.46. The van der Waals surface area contributed by atoms with Gasteiger partial charge in [0.25, 0.3) is 0 Å². The minimum Gasteiger partial charge on any atom is -0.357 e. The lowest BCUT2D eigenvalue weighted by molar-refractivity contribution is 0.927. The lowest BCUT2D eigenvalue weighted by Gasteiger charge is -1.83. The van der Waals surface area contributed by atoms with Gasteiger partial charge in [-0.15, -0.1) is 0 Å². The molecule has 0 spiro atoms. The van der Waals surface area contributed by atoms with E-state index in [1.165, 1.54) is 5.56 Å². The maximum absolute atomic E-state index is 2.08. The molecule has 0 unspecified atom stereocenters. The summed E-state index contributed by atoms with van der Waals surface area (Å²) in [6, 6.07) is 2.08. The first kappa shape index (κ1) is 7.86. The molecule has 0 aliphatic rings. The highest BCUT2D eigenvalue weighted by Crippen LogP contribution is 2.01. The fraction of sp³-hybridized carbons (Fsp3) is 0.200. The Kier molecular flexibility index (Phi) is 2.73. The summed E-state index contributed by atoms with van der Waals surface area (Å²) in [5, 5.41) is 0. The highest BCUT2D eigenvalue weighted by atomic mass is 14.9. The molecule has 58 valence electrons. The Hall–Kier alpha value is -1.24. The van der Waals surface area contributed by atoms with Crippen molar-refractivity contribution >= 4 is 6.08 Å². The molecule has 1 heteroatoms. The van der Waals surface area contributed by atoms with E-state index in [4.69, 9.17) is 0 Å². The van der Waals surface area contributed by atoms with Crippen LogP contribution in [0.1, 0.15) is 12.5 Å². The van der Waals surface area contributed by atoms with Crippen molar-refractivity contribution < 1.29 is 0 Å². The molecule has 1 heterocycles. The molecule has 0 saturated carbocycles. The summed E-state index contributed by atoms with van der Waals surface area (Å²) >= 11 is 0. The standard InChI is InChI=1S/C10H13N/c1-3-4-5-6-10-7-8-11(2)9-10/h3-9H,1-2H3/b4-3-,6-5-. The summed E-state index contributed by atoms with van der Waals surface area (Å²) in [7, 11) is 2.02. The SMILES string of the molecule is C/C=C\C=C/c1ccn(C)c1. The predicted molar refractivity (Wildman–Crippen MR) is 49.3 cm³/mol. The van der Waals surface area contributed by atoms with E-state index >= 15 is 0 Å². The Balaban J connectivity index is 2.64. The van der Waals surface area contributed by atoms with E-state index in [-0.39, 0.29) is 0 Å². The van der Waals surface area contributed by atoms with Crippen LogP contribution in [0.3, 0.4) is 0 Å². The smallest absolute Gasteiger partial charge is 0.0106 e. The molecule has 1 aromatic rings. The molecule has 0 radical (unpaired) electrons. The van der Waals surface area contributed by atoms with Gasteiger partial charge in [-0.1, -0.05) is 24.3 Å². The van der Waals surface area contributed by atoms with Crippen LogP contribution in [0.4, 0.5) is 0 Å². The average molecular weight is 147 g/mol. The fourth-order valence-corrected chi connectivity index (χ4v) is 0.901. The predicted octanol–water partition coefficient (Wildman–Crippen LogP) is 2.61. The lowest BCUT2D eigenvalue weighted by atomic mass is 10.3. The number of rotatable bonds is 2. The molecular weight excluding hydrogens is 134 g/mol. The van der Waals surface area contributed by atoms with Crippen molar-refractivity contribution in [2.75, 3.05) is 0 Å². The molecule has 11 heavy (non-hydrogen) atoms. The molecule has 0 atom stereocenters. The molecule has 1 rings (SSSR count). The highest BCUT2D eigenvalue weighted by molar-refractivity contribution is 5.49. The first-order valence-corrected chi connectivity index (χ1v) is 3.74. The number of hydrogen-bond acceptors (Lipinski definition) is 0. The summed E-state index contributed by atoms with van der Waals surface area (Å²) in [6.45, 7) is 2.01. The van der Waals surface area contributed by atoms with E-state index < -0.39 is 0 Å². The molecule has 1 aromatic heterocycles. The second-order valence-electron chi connectivity index (χ2n) is 2.50. The van der Waals surface area contributed by atoms with E-state index in [2.05, 4.69) is 18.3 Å². The maximum atomic E-state index is 2.08. The minimum atomic E-state index is 1.24. The minimum absolute atomic E-state index is 1.24. The zero-order valence-electron chi connectivity index (χ0n) is 6.99. The molecule has 0 N–H and O–H groups in total. The number of aryl methyl sites for hydroxylation is 1. The summed E-state index contributed by atoms with van der Waals surface area (Å²) in [5.74, 6) is 0. The Morgan fingerprint density at radius 3 is 2.73 bits per heavy atom. The van der Waals surface area contributed by atoms with Crippen molar-refractivity contribution in [2.24, 2.45) is 7.05 Å². The van der Waals surface area contributed by atoms with Crippen LogP contribution >= 0.6 is 0 Å². The monoisotopic (exact) mass is 147 g/mol. The highest BCUT2D eigenvalue weighted by Gasteiger charge is 1.85. The summed E-state index contributed by atoms with van der Waals surface area (Å²) < 4.78 is 2.04. The van der Waals surface area contributed by atoms with E-state index in [0.29, 0.717) is 0 Å². The second kappa shape index (κ2) is 3.81. The largest absolute Gasteiger partial charge is 0.357 e. The van der Waals surface area contributed by atoms with Gasteiger partial charge >= 0.3 is 0 Å². The van der Waals surface area contributed by atoms with Crippen LogP contribution in [0.2, 0.25) is 0 Å². The molecule has 0 amide bonds. The molecule has 0 aliphatic carbocycles. The van der Waals surface area contributed by atoms with Crippen molar-refractivity contribution in [3.8, 4) is 0 Å². The van der Waals surface area contributed by atoms with Crippen molar-refractivity contribution in [2.45, 2.75) is 6.92 Å². The van der Waals surface area contributed by atoms with Crippen molar-refractivity contribution in [1.29, 1.82) is 0 Å². The molecular formula is C10H13N. The second-order valence-corrected chi connectivity index (χ2v) is 2.50. The van der Waals surface area contributed by atoms with Crippen LogP contribution in [0.5, 0.6) is 0 Å². The van der Waals surface area contributed by atoms with Crippen LogP contribution in [-0.2, 0) is 7.05 Å². The maximum Gasteiger partial charge on any atom is 0.0106 e. The van der Waals surface area contributed by atoms with Gasteiger partial charge in [-0.25, -0.2) is 0 Å². The van der Waals surface area contributed by atoms with Gasteiger partial charge in [-0.05, 0) is 18.6 Å². The van der Waals surface area contributed by atoms with Gasteiger partial charge in [0.2, 0.25) is 0 Å². The van der Waals surface area contributed by atoms with Crippen LogP contribution in [0.15, 0.2) is 36.7 Å². The van der Waals surface area contributed by atoms with Crippen LogP contribution in [-0.4, -0.2) is 4.57 Å². The zero-order valence-corrected chi connectivity index (χ0v) is 6.99. The van der Waals surface area contributed by atoms with Gasteiger partial charge in [-0.2, -0.15) is 0 Å². The molecule has 0 fully saturated rings. The Bertz CT molecular complexity index is 266. The first-order valence-electron chi connectivity index (χ1n) is 3.74. The molecule has 0 aromatic carbocycles. The van der Waals surface area contributed by atoms with E-state index in [1.54, 1.807) is 0 Å². The van der Waals surface area contributed by atoms with Gasteiger partial charge < -0.3 is 4.57 Å². The summed E-state index contributed by atoms with van der Waals surface area (Å²) in [6.07, 6.45) is 12.3. The average Bonchev–Trinajstić information content (AvgIpc) is 2.37. The summed E-state index contributed by atoms with van der Waals surface area (Å²) in [5.41, 5.74) is 1.24. The normalized spacial score (nSPS) is 11.8. The zero-order chi connectivity index (χ0) is 8.10. The Morgan fingerprint density at radius 2 is 2.18 bits per heavy atom. The number of aromatic nitrogens is 1. The van der Waals surface area contributed by atoms with Crippen molar-refractivity contribution in [1.82, 2.24) is 4.57 Å². The fourth-order valence-electron chi connectivity index (χ4n) is 0.901. The topological polar surface area (TPSA) is 4.93 Å². The molecule has 0 bridgehead atoms. The third-order valence-corrected chi connectivity index (χ3v) is 1.45.